The molecule has 1 saturated heterocycles. The quantitative estimate of drug-likeness (QED) is 0.590. The summed E-state index contributed by atoms with van der Waals surface area (Å²) in [6.07, 6.45) is 1.97. The second kappa shape index (κ2) is 8.22. The molecule has 0 spiro atoms. The Kier molecular flexibility index (Phi) is 5.64. The monoisotopic (exact) mass is 486 g/mol. The van der Waals surface area contributed by atoms with E-state index in [1.807, 2.05) is 24.3 Å². The van der Waals surface area contributed by atoms with Gasteiger partial charge in [0.25, 0.3) is 0 Å². The number of benzene rings is 2. The molecule has 1 unspecified atom stereocenters. The van der Waals surface area contributed by atoms with E-state index in [1.54, 1.807) is 12.1 Å². The topological polar surface area (TPSA) is 109 Å². The highest BCUT2D eigenvalue weighted by molar-refractivity contribution is 9.10. The number of anilines is 1. The second-order valence-corrected chi connectivity index (χ2v) is 9.59. The molecule has 4 rings (SSSR count). The molecule has 0 aliphatic carbocycles. The minimum absolute atomic E-state index is 0.0511. The molecule has 0 saturated carbocycles. The number of ether oxygens (including phenoxy) is 1. The first-order chi connectivity index (χ1) is 14.3. The molecule has 154 valence electrons. The van der Waals surface area contributed by atoms with Gasteiger partial charge in [0.1, 0.15) is 24.1 Å². The maximum absolute atomic E-state index is 11.4. The summed E-state index contributed by atoms with van der Waals surface area (Å²) >= 11 is 3.52. The molecule has 1 aromatic heterocycles. The summed E-state index contributed by atoms with van der Waals surface area (Å²) in [6.45, 7) is 1.29. The van der Waals surface area contributed by atoms with Crippen molar-refractivity contribution in [3.05, 3.63) is 58.7 Å². The number of hydrogen-bond acceptors (Lipinski definition) is 6. The van der Waals surface area contributed by atoms with Gasteiger partial charge in [-0.3, -0.25) is 0 Å². The van der Waals surface area contributed by atoms with Gasteiger partial charge in [0.05, 0.1) is 16.5 Å². The summed E-state index contributed by atoms with van der Waals surface area (Å²) in [5.74, 6) is 0.578. The minimum Gasteiger partial charge on any atom is -0.491 e. The highest BCUT2D eigenvalue weighted by Gasteiger charge is 2.27. The van der Waals surface area contributed by atoms with Crippen LogP contribution in [-0.4, -0.2) is 32.6 Å². The van der Waals surface area contributed by atoms with Crippen molar-refractivity contribution in [2.24, 2.45) is 5.14 Å². The van der Waals surface area contributed by atoms with Crippen LogP contribution in [0.4, 0.5) is 5.69 Å². The van der Waals surface area contributed by atoms with Gasteiger partial charge in [0.2, 0.25) is 10.0 Å². The van der Waals surface area contributed by atoms with Crippen LogP contribution in [0.1, 0.15) is 18.5 Å². The van der Waals surface area contributed by atoms with Crippen LogP contribution in [0.2, 0.25) is 0 Å². The summed E-state index contributed by atoms with van der Waals surface area (Å²) in [7, 11) is -3.73. The van der Waals surface area contributed by atoms with E-state index in [4.69, 9.17) is 9.88 Å². The zero-order valence-electron chi connectivity index (χ0n) is 16.0. The average Bonchev–Trinajstić information content (AvgIpc) is 3.19. The number of hydrogen-bond donors (Lipinski definition) is 1. The number of nitrogens with two attached hydrogens (primary N) is 1. The first kappa shape index (κ1) is 20.6. The van der Waals surface area contributed by atoms with Gasteiger partial charge in [-0.25, -0.2) is 18.5 Å². The molecule has 2 aromatic carbocycles. The molecule has 7 nitrogen and oxygen atoms in total. The average molecular weight is 487 g/mol. The van der Waals surface area contributed by atoms with E-state index in [9.17, 15) is 13.7 Å². The molecule has 1 atom stereocenters. The van der Waals surface area contributed by atoms with Gasteiger partial charge < -0.3 is 9.64 Å². The lowest BCUT2D eigenvalue weighted by Gasteiger charge is -2.28. The first-order valence-corrected chi connectivity index (χ1v) is 11.7. The van der Waals surface area contributed by atoms with Crippen molar-refractivity contribution in [3.8, 4) is 11.8 Å². The number of nitriles is 1. The Hall–Kier alpha value is -2.67. The van der Waals surface area contributed by atoms with Gasteiger partial charge in [0, 0.05) is 22.1 Å². The Morgan fingerprint density at radius 1 is 1.23 bits per heavy atom. The van der Waals surface area contributed by atoms with Crippen LogP contribution >= 0.6 is 15.9 Å². The van der Waals surface area contributed by atoms with Crippen LogP contribution in [0, 0.1) is 11.3 Å². The maximum Gasteiger partial charge on any atom is 0.238 e. The fraction of sp³-hybridized carbons (Fsp3) is 0.238. The molecule has 9 heteroatoms. The number of sulfonamides is 1. The van der Waals surface area contributed by atoms with E-state index in [0.29, 0.717) is 18.1 Å². The van der Waals surface area contributed by atoms with Crippen molar-refractivity contribution in [2.45, 2.75) is 23.8 Å². The highest BCUT2D eigenvalue weighted by Crippen LogP contribution is 2.34. The molecule has 1 fully saturated rings. The highest BCUT2D eigenvalue weighted by atomic mass is 79.9. The third-order valence-corrected chi connectivity index (χ3v) is 6.57. The molecule has 3 aromatic rings. The SMILES string of the molecule is N#Cc1cc(N2CCCC2COc2ccc(S(N)(=O)=O)cc2)c2cc(Br)ccc2n1. The lowest BCUT2D eigenvalue weighted by Crippen LogP contribution is -2.34. The number of primary sulfonamides is 1. The van der Waals surface area contributed by atoms with Crippen LogP contribution in [-0.2, 0) is 10.0 Å². The largest absolute Gasteiger partial charge is 0.491 e. The fourth-order valence-electron chi connectivity index (χ4n) is 3.72. The van der Waals surface area contributed by atoms with E-state index in [1.165, 1.54) is 12.1 Å². The van der Waals surface area contributed by atoms with E-state index in [0.717, 1.165) is 40.4 Å². The first-order valence-electron chi connectivity index (χ1n) is 9.38. The Bertz CT molecular complexity index is 1240. The van der Waals surface area contributed by atoms with E-state index in [-0.39, 0.29) is 10.9 Å². The van der Waals surface area contributed by atoms with Gasteiger partial charge in [-0.15, -0.1) is 0 Å². The van der Waals surface area contributed by atoms with Gasteiger partial charge in [-0.2, -0.15) is 5.26 Å². The smallest absolute Gasteiger partial charge is 0.238 e. The van der Waals surface area contributed by atoms with Crippen LogP contribution in [0.5, 0.6) is 5.75 Å². The minimum atomic E-state index is -3.73. The third-order valence-electron chi connectivity index (χ3n) is 5.14. The zero-order valence-corrected chi connectivity index (χ0v) is 18.4. The summed E-state index contributed by atoms with van der Waals surface area (Å²) in [5, 5.41) is 15.5. The number of pyridine rings is 1. The van der Waals surface area contributed by atoms with Gasteiger partial charge in [-0.05, 0) is 61.4 Å². The summed E-state index contributed by atoms with van der Waals surface area (Å²) in [6, 6.07) is 16.0. The third kappa shape index (κ3) is 4.26. The normalized spacial score (nSPS) is 16.6. The maximum atomic E-state index is 11.4. The number of rotatable bonds is 5. The number of aromatic nitrogens is 1. The standard InChI is InChI=1S/C21H19BrN4O3S/c22-14-3-8-20-19(10-14)21(11-15(12-23)25-20)26-9-1-2-16(26)13-29-17-4-6-18(7-5-17)30(24,27)28/h3-8,10-11,16H,1-2,9,13H2,(H2,24,27,28). The zero-order chi connectivity index (χ0) is 21.3. The second-order valence-electron chi connectivity index (χ2n) is 7.12. The van der Waals surface area contributed by atoms with Crippen molar-refractivity contribution in [2.75, 3.05) is 18.1 Å². The van der Waals surface area contributed by atoms with Crippen molar-refractivity contribution in [1.82, 2.24) is 4.98 Å². The van der Waals surface area contributed by atoms with Gasteiger partial charge in [0.15, 0.2) is 0 Å². The predicted molar refractivity (Wildman–Crippen MR) is 118 cm³/mol. The van der Waals surface area contributed by atoms with Crippen molar-refractivity contribution in [1.29, 1.82) is 5.26 Å². The predicted octanol–water partition coefficient (Wildman–Crippen LogP) is 3.56. The fourth-order valence-corrected chi connectivity index (χ4v) is 4.60. The molecular formula is C21H19BrN4O3S. The van der Waals surface area contributed by atoms with Crippen molar-refractivity contribution in [3.63, 3.8) is 0 Å². The molecule has 0 bridgehead atoms. The molecule has 1 aliphatic heterocycles. The Morgan fingerprint density at radius 2 is 2.00 bits per heavy atom. The lowest BCUT2D eigenvalue weighted by molar-refractivity contribution is 0.288. The van der Waals surface area contributed by atoms with Crippen molar-refractivity contribution < 1.29 is 13.2 Å². The van der Waals surface area contributed by atoms with Crippen LogP contribution in [0.15, 0.2) is 57.9 Å². The van der Waals surface area contributed by atoms with Crippen LogP contribution in [0.3, 0.4) is 0 Å². The molecule has 30 heavy (non-hydrogen) atoms. The Morgan fingerprint density at radius 3 is 2.70 bits per heavy atom. The molecule has 2 heterocycles. The van der Waals surface area contributed by atoms with E-state index < -0.39 is 10.0 Å². The molecule has 0 radical (unpaired) electrons. The summed E-state index contributed by atoms with van der Waals surface area (Å²) < 4.78 is 29.7. The lowest BCUT2D eigenvalue weighted by atomic mass is 10.1. The summed E-state index contributed by atoms with van der Waals surface area (Å²) in [4.78, 5) is 6.73. The number of fused-ring (bicyclic) bond motifs is 1. The molecule has 0 amide bonds. The van der Waals surface area contributed by atoms with Crippen LogP contribution < -0.4 is 14.8 Å². The molecule has 2 N–H and O–H groups in total. The Balaban J connectivity index is 1.58. The van der Waals surface area contributed by atoms with E-state index >= 15 is 0 Å². The molecule has 1 aliphatic rings. The van der Waals surface area contributed by atoms with Crippen LogP contribution in [0.25, 0.3) is 10.9 Å². The van der Waals surface area contributed by atoms with Gasteiger partial charge in [-0.1, -0.05) is 15.9 Å². The summed E-state index contributed by atoms with van der Waals surface area (Å²) in [5.41, 5.74) is 2.12. The van der Waals surface area contributed by atoms with E-state index in [2.05, 4.69) is 31.9 Å². The number of nitrogens with zero attached hydrogens (tertiary/aromatic N) is 3. The Labute approximate surface area is 183 Å². The molecular weight excluding hydrogens is 468 g/mol. The van der Waals surface area contributed by atoms with Crippen molar-refractivity contribution >= 4 is 42.5 Å². The number of halogens is 1. The van der Waals surface area contributed by atoms with Gasteiger partial charge >= 0.3 is 0 Å².